The van der Waals surface area contributed by atoms with Crippen molar-refractivity contribution in [3.8, 4) is 23.0 Å². The van der Waals surface area contributed by atoms with Gasteiger partial charge in [-0.25, -0.2) is 0 Å². The number of hydrogen-bond donors (Lipinski definition) is 4. The third-order valence-electron chi connectivity index (χ3n) is 11.6. The van der Waals surface area contributed by atoms with E-state index in [9.17, 15) is 40.7 Å². The first-order chi connectivity index (χ1) is 35.6. The van der Waals surface area contributed by atoms with E-state index in [0.717, 1.165) is 88.9 Å². The molecular weight excluding hydrogens is 1000 g/mol. The first-order valence-corrected chi connectivity index (χ1v) is 24.6. The van der Waals surface area contributed by atoms with Crippen LogP contribution in [0.1, 0.15) is 90.2 Å². The average molecular weight is 1070 g/mol. The van der Waals surface area contributed by atoms with E-state index in [4.69, 9.17) is 0 Å². The fourth-order valence-electron chi connectivity index (χ4n) is 7.16. The van der Waals surface area contributed by atoms with Crippen molar-refractivity contribution in [3.63, 3.8) is 0 Å². The van der Waals surface area contributed by atoms with Crippen molar-refractivity contribution >= 4 is 68.2 Å². The standard InChI is InChI=1S/2C27H32N6O4.Fe/c2*1-4-6-14-32(15-7-5-2)22-12-13-23(26(34)17-22)29-31-25-16-19(3)24(18-27(25)35)30-28-20-8-10-21(11-9-20)33(36)37;/h2*8-13,16-18,34-35H,4-7,14-15H2,1-3H3;. The Kier molecular flexibility index (Phi) is 23.9. The van der Waals surface area contributed by atoms with Gasteiger partial charge in [-0.1, -0.05) is 53.4 Å². The minimum absolute atomic E-state index is 0. The molecule has 0 saturated heterocycles. The molecule has 0 atom stereocenters. The number of anilines is 2. The molecule has 0 fully saturated rings. The summed E-state index contributed by atoms with van der Waals surface area (Å²) in [6, 6.07) is 28.1. The van der Waals surface area contributed by atoms with Crippen LogP contribution in [0, 0.1) is 34.1 Å². The van der Waals surface area contributed by atoms with Gasteiger partial charge in [0.25, 0.3) is 11.4 Å². The van der Waals surface area contributed by atoms with Crippen LogP contribution in [0.2, 0.25) is 0 Å². The topological polar surface area (TPSA) is 273 Å². The number of hydrogen-bond acceptors (Lipinski definition) is 18. The first kappa shape index (κ1) is 59.4. The second kappa shape index (κ2) is 30.1. The van der Waals surface area contributed by atoms with Crippen molar-refractivity contribution in [1.29, 1.82) is 0 Å². The summed E-state index contributed by atoms with van der Waals surface area (Å²) in [5.41, 5.74) is 5.97. The van der Waals surface area contributed by atoms with Gasteiger partial charge in [-0.15, -0.1) is 20.5 Å². The van der Waals surface area contributed by atoms with E-state index in [1.54, 1.807) is 50.2 Å². The van der Waals surface area contributed by atoms with Crippen LogP contribution in [0.15, 0.2) is 150 Å². The number of nitro benzene ring substituents is 2. The van der Waals surface area contributed by atoms with Crippen molar-refractivity contribution in [2.24, 2.45) is 40.9 Å². The molecule has 0 aliphatic rings. The molecule has 0 aromatic heterocycles. The smallest absolute Gasteiger partial charge is 0.269 e. The molecule has 20 nitrogen and oxygen atoms in total. The van der Waals surface area contributed by atoms with Gasteiger partial charge in [-0.05, 0) is 111 Å². The fourth-order valence-corrected chi connectivity index (χ4v) is 7.16. The number of azo groups is 4. The summed E-state index contributed by atoms with van der Waals surface area (Å²) in [6.45, 7) is 15.9. The molecule has 0 aliphatic heterocycles. The third kappa shape index (κ3) is 18.1. The summed E-state index contributed by atoms with van der Waals surface area (Å²) in [6.07, 6.45) is 8.70. The van der Waals surface area contributed by atoms with Crippen molar-refractivity contribution in [1.82, 2.24) is 0 Å². The Labute approximate surface area is 447 Å². The molecule has 4 N–H and O–H groups in total. The number of rotatable bonds is 24. The van der Waals surface area contributed by atoms with E-state index in [-0.39, 0.29) is 62.8 Å². The van der Waals surface area contributed by atoms with Gasteiger partial charge < -0.3 is 30.2 Å². The minimum atomic E-state index is -0.486. The van der Waals surface area contributed by atoms with Crippen molar-refractivity contribution in [3.05, 3.63) is 141 Å². The molecule has 0 saturated carbocycles. The van der Waals surface area contributed by atoms with E-state index in [2.05, 4.69) is 78.4 Å². The Hall–Kier alpha value is -8.16. The number of unbranched alkanes of at least 4 members (excludes halogenated alkanes) is 4. The van der Waals surface area contributed by atoms with Crippen LogP contribution >= 0.6 is 0 Å². The number of nitro groups is 2. The summed E-state index contributed by atoms with van der Waals surface area (Å²) < 4.78 is 0. The van der Waals surface area contributed by atoms with Gasteiger partial charge in [0, 0.05) is 103 Å². The van der Waals surface area contributed by atoms with E-state index in [1.807, 2.05) is 12.1 Å². The van der Waals surface area contributed by atoms with Crippen LogP contribution in [-0.2, 0) is 17.1 Å². The zero-order valence-electron chi connectivity index (χ0n) is 43.0. The summed E-state index contributed by atoms with van der Waals surface area (Å²) in [4.78, 5) is 25.1. The fraction of sp³-hybridized carbons (Fsp3) is 0.333. The van der Waals surface area contributed by atoms with E-state index >= 15 is 0 Å². The van der Waals surface area contributed by atoms with E-state index < -0.39 is 9.85 Å². The van der Waals surface area contributed by atoms with Gasteiger partial charge in [0.15, 0.2) is 0 Å². The molecule has 0 spiro atoms. The maximum atomic E-state index is 10.8. The number of nitrogens with zero attached hydrogens (tertiary/aromatic N) is 12. The number of aryl methyl sites for hydroxylation is 2. The van der Waals surface area contributed by atoms with Crippen molar-refractivity contribution in [2.75, 3.05) is 36.0 Å². The molecule has 6 aromatic rings. The van der Waals surface area contributed by atoms with Crippen LogP contribution < -0.4 is 9.80 Å². The van der Waals surface area contributed by atoms with Gasteiger partial charge in [-0.3, -0.25) is 20.2 Å². The molecule has 0 amide bonds. The van der Waals surface area contributed by atoms with Crippen LogP contribution in [0.5, 0.6) is 23.0 Å². The second-order valence-corrected chi connectivity index (χ2v) is 17.3. The van der Waals surface area contributed by atoms with E-state index in [1.165, 1.54) is 60.7 Å². The normalized spacial score (nSPS) is 11.3. The molecule has 0 bridgehead atoms. The molecule has 0 unspecified atom stereocenters. The number of aromatic hydroxyl groups is 4. The number of benzene rings is 6. The average Bonchev–Trinajstić information content (AvgIpc) is 3.39. The summed E-state index contributed by atoms with van der Waals surface area (Å²) in [7, 11) is 0. The molecule has 396 valence electrons. The van der Waals surface area contributed by atoms with Gasteiger partial charge in [0.05, 0.1) is 32.6 Å². The van der Waals surface area contributed by atoms with Crippen LogP contribution in [0.25, 0.3) is 0 Å². The Bertz CT molecular complexity index is 2740. The quantitative estimate of drug-likeness (QED) is 0.0192. The maximum absolute atomic E-state index is 10.8. The summed E-state index contributed by atoms with van der Waals surface area (Å²) >= 11 is 0. The zero-order chi connectivity index (χ0) is 53.6. The Balaban J connectivity index is 0.000000320. The molecule has 0 aliphatic carbocycles. The van der Waals surface area contributed by atoms with Crippen LogP contribution in [0.3, 0.4) is 0 Å². The van der Waals surface area contributed by atoms with Gasteiger partial charge in [0.1, 0.15) is 45.7 Å². The number of phenolic OH excluding ortho intramolecular Hbond substituents is 4. The first-order valence-electron chi connectivity index (χ1n) is 24.6. The zero-order valence-corrected chi connectivity index (χ0v) is 44.1. The summed E-state index contributed by atoms with van der Waals surface area (Å²) in [5.74, 6) is -0.255. The van der Waals surface area contributed by atoms with Crippen molar-refractivity contribution < 1.29 is 47.3 Å². The Morgan fingerprint density at radius 1 is 0.400 bits per heavy atom. The minimum Gasteiger partial charge on any atom is -0.506 e. The molecular formula is C54H64FeN12O8. The molecule has 21 heteroatoms. The Morgan fingerprint density at radius 2 is 0.693 bits per heavy atom. The van der Waals surface area contributed by atoms with Gasteiger partial charge >= 0.3 is 0 Å². The largest absolute Gasteiger partial charge is 0.506 e. The van der Waals surface area contributed by atoms with Gasteiger partial charge in [-0.2, -0.15) is 20.5 Å². The molecule has 6 aromatic carbocycles. The monoisotopic (exact) mass is 1060 g/mol. The summed E-state index contributed by atoms with van der Waals surface area (Å²) in [5, 5.41) is 96.5. The Morgan fingerprint density at radius 3 is 0.987 bits per heavy atom. The van der Waals surface area contributed by atoms with Crippen LogP contribution in [0.4, 0.5) is 68.2 Å². The molecule has 6 rings (SSSR count). The van der Waals surface area contributed by atoms with Gasteiger partial charge in [0.2, 0.25) is 0 Å². The van der Waals surface area contributed by atoms with E-state index in [0.29, 0.717) is 45.3 Å². The van der Waals surface area contributed by atoms with Crippen LogP contribution in [-0.4, -0.2) is 56.5 Å². The molecule has 0 heterocycles. The second-order valence-electron chi connectivity index (χ2n) is 17.3. The number of phenols is 4. The maximum Gasteiger partial charge on any atom is 0.269 e. The SMILES string of the molecule is CCCCN(CCCC)c1ccc(N=Nc2cc(C)c(N=Nc3ccc([N+](=O)[O-])cc3)cc2O)c(O)c1.CCCCN(CCCC)c1ccc(N=Nc2cc(C)c(N=Nc3ccc([N+](=O)[O-])cc3)cc2O)c(O)c1.[Fe]. The third-order valence-corrected chi connectivity index (χ3v) is 11.6. The predicted octanol–water partition coefficient (Wildman–Crippen LogP) is 17.1. The molecule has 75 heavy (non-hydrogen) atoms. The predicted molar refractivity (Wildman–Crippen MR) is 289 cm³/mol. The van der Waals surface area contributed by atoms with Crippen molar-refractivity contribution in [2.45, 2.75) is 92.9 Å². The number of non-ortho nitro benzene ring substituents is 2. The molecule has 0 radical (unpaired) electrons.